The van der Waals surface area contributed by atoms with Crippen LogP contribution in [0.25, 0.3) is 0 Å². The van der Waals surface area contributed by atoms with Gasteiger partial charge in [-0.1, -0.05) is 29.8 Å². The molecular weight excluding hydrogens is 318 g/mol. The Bertz CT molecular complexity index is 609. The standard InChI is InChI=1S/C19H27N3O3/c1-13-2-4-14(5-3-13)11-21-18(24)15-6-8-22(9-7-15)19(25)17-10-16(23)12-20-17/h2-5,15-17,20,23H,6-12H2,1H3,(H,21,24). The third-order valence-corrected chi connectivity index (χ3v) is 5.17. The first kappa shape index (κ1) is 17.9. The van der Waals surface area contributed by atoms with Crippen molar-refractivity contribution >= 4 is 11.8 Å². The molecule has 0 spiro atoms. The molecule has 3 rings (SSSR count). The molecule has 2 aliphatic heterocycles. The highest BCUT2D eigenvalue weighted by Crippen LogP contribution is 2.20. The number of piperidine rings is 1. The summed E-state index contributed by atoms with van der Waals surface area (Å²) in [5, 5.41) is 15.6. The van der Waals surface area contributed by atoms with E-state index in [9.17, 15) is 14.7 Å². The molecule has 0 aliphatic carbocycles. The first-order valence-electron chi connectivity index (χ1n) is 9.06. The summed E-state index contributed by atoms with van der Waals surface area (Å²) in [4.78, 5) is 26.6. The quantitative estimate of drug-likeness (QED) is 0.745. The normalized spacial score (nSPS) is 24.3. The Morgan fingerprint density at radius 3 is 2.52 bits per heavy atom. The van der Waals surface area contributed by atoms with Crippen LogP contribution in [0.3, 0.4) is 0 Å². The van der Waals surface area contributed by atoms with E-state index in [-0.39, 0.29) is 23.8 Å². The molecule has 1 aromatic rings. The molecular formula is C19H27N3O3. The summed E-state index contributed by atoms with van der Waals surface area (Å²) in [5.74, 6) is 0.0915. The van der Waals surface area contributed by atoms with Crippen LogP contribution in [0.2, 0.25) is 0 Å². The smallest absolute Gasteiger partial charge is 0.239 e. The number of hydrogen-bond acceptors (Lipinski definition) is 4. The van der Waals surface area contributed by atoms with Gasteiger partial charge in [-0.3, -0.25) is 9.59 Å². The molecule has 25 heavy (non-hydrogen) atoms. The lowest BCUT2D eigenvalue weighted by Gasteiger charge is -2.33. The number of amides is 2. The van der Waals surface area contributed by atoms with Crippen molar-refractivity contribution in [2.45, 2.75) is 44.9 Å². The number of hydrogen-bond donors (Lipinski definition) is 3. The van der Waals surface area contributed by atoms with Gasteiger partial charge in [-0.2, -0.15) is 0 Å². The second-order valence-electron chi connectivity index (χ2n) is 7.15. The van der Waals surface area contributed by atoms with Crippen LogP contribution < -0.4 is 10.6 Å². The van der Waals surface area contributed by atoms with E-state index in [1.807, 2.05) is 36.1 Å². The predicted molar refractivity (Wildman–Crippen MR) is 94.7 cm³/mol. The second-order valence-corrected chi connectivity index (χ2v) is 7.15. The van der Waals surface area contributed by atoms with E-state index >= 15 is 0 Å². The molecule has 0 aromatic heterocycles. The molecule has 2 saturated heterocycles. The minimum absolute atomic E-state index is 0.0309. The van der Waals surface area contributed by atoms with E-state index in [2.05, 4.69) is 10.6 Å². The predicted octanol–water partition coefficient (Wildman–Crippen LogP) is 0.573. The largest absolute Gasteiger partial charge is 0.392 e. The third kappa shape index (κ3) is 4.58. The number of benzene rings is 1. The Labute approximate surface area is 148 Å². The fraction of sp³-hybridized carbons (Fsp3) is 0.579. The fourth-order valence-electron chi connectivity index (χ4n) is 3.53. The van der Waals surface area contributed by atoms with Crippen LogP contribution in [0.15, 0.2) is 24.3 Å². The molecule has 2 aliphatic rings. The van der Waals surface area contributed by atoms with Crippen LogP contribution in [0, 0.1) is 12.8 Å². The van der Waals surface area contributed by atoms with Gasteiger partial charge in [0.25, 0.3) is 0 Å². The number of aliphatic hydroxyl groups excluding tert-OH is 1. The lowest BCUT2D eigenvalue weighted by Crippen LogP contribution is -2.48. The van der Waals surface area contributed by atoms with E-state index in [4.69, 9.17) is 0 Å². The summed E-state index contributed by atoms with van der Waals surface area (Å²) < 4.78 is 0. The molecule has 2 heterocycles. The maximum Gasteiger partial charge on any atom is 0.239 e. The van der Waals surface area contributed by atoms with Gasteiger partial charge in [0.2, 0.25) is 11.8 Å². The summed E-state index contributed by atoms with van der Waals surface area (Å²) in [5.41, 5.74) is 2.30. The number of aliphatic hydroxyl groups is 1. The first-order valence-corrected chi connectivity index (χ1v) is 9.06. The van der Waals surface area contributed by atoms with Crippen LogP contribution in [0.5, 0.6) is 0 Å². The number of rotatable bonds is 4. The maximum atomic E-state index is 12.4. The molecule has 0 saturated carbocycles. The van der Waals surface area contributed by atoms with Gasteiger partial charge in [0.1, 0.15) is 0 Å². The minimum Gasteiger partial charge on any atom is -0.392 e. The van der Waals surface area contributed by atoms with Crippen molar-refractivity contribution in [2.75, 3.05) is 19.6 Å². The van der Waals surface area contributed by atoms with Crippen molar-refractivity contribution in [3.63, 3.8) is 0 Å². The van der Waals surface area contributed by atoms with E-state index in [0.717, 1.165) is 5.56 Å². The number of carbonyl (C=O) groups excluding carboxylic acids is 2. The topological polar surface area (TPSA) is 81.7 Å². The highest BCUT2D eigenvalue weighted by Gasteiger charge is 2.34. The van der Waals surface area contributed by atoms with Gasteiger partial charge < -0.3 is 20.6 Å². The molecule has 6 nitrogen and oxygen atoms in total. The average molecular weight is 345 g/mol. The van der Waals surface area contributed by atoms with E-state index in [1.54, 1.807) is 0 Å². The van der Waals surface area contributed by atoms with Crippen LogP contribution in [0.1, 0.15) is 30.4 Å². The van der Waals surface area contributed by atoms with Gasteiger partial charge in [0, 0.05) is 32.1 Å². The third-order valence-electron chi connectivity index (χ3n) is 5.17. The van der Waals surface area contributed by atoms with E-state index in [1.165, 1.54) is 5.56 Å². The fourth-order valence-corrected chi connectivity index (χ4v) is 3.53. The SMILES string of the molecule is Cc1ccc(CNC(=O)C2CCN(C(=O)C3CC(O)CN3)CC2)cc1. The van der Waals surface area contributed by atoms with E-state index < -0.39 is 6.10 Å². The summed E-state index contributed by atoms with van der Waals surface area (Å²) in [6, 6.07) is 7.86. The number of nitrogens with zero attached hydrogens (tertiary/aromatic N) is 1. The molecule has 2 unspecified atom stereocenters. The van der Waals surface area contributed by atoms with Crippen LogP contribution >= 0.6 is 0 Å². The van der Waals surface area contributed by atoms with Crippen LogP contribution in [0.4, 0.5) is 0 Å². The lowest BCUT2D eigenvalue weighted by atomic mass is 9.95. The van der Waals surface area contributed by atoms with Crippen molar-refractivity contribution in [3.8, 4) is 0 Å². The molecule has 1 aromatic carbocycles. The van der Waals surface area contributed by atoms with E-state index in [0.29, 0.717) is 45.4 Å². The molecule has 6 heteroatoms. The highest BCUT2D eigenvalue weighted by atomic mass is 16.3. The summed E-state index contributed by atoms with van der Waals surface area (Å²) in [6.07, 6.45) is 1.44. The Balaban J connectivity index is 1.43. The van der Waals surface area contributed by atoms with Gasteiger partial charge >= 0.3 is 0 Å². The number of β-amino-alcohol motifs (C(OH)–C–C–N with tert-alkyl or cyclic N) is 1. The average Bonchev–Trinajstić information content (AvgIpc) is 3.07. The van der Waals surface area contributed by atoms with Crippen molar-refractivity contribution in [3.05, 3.63) is 35.4 Å². The molecule has 136 valence electrons. The van der Waals surface area contributed by atoms with Gasteiger partial charge in [0.15, 0.2) is 0 Å². The second kappa shape index (κ2) is 7.97. The number of carbonyl (C=O) groups is 2. The Kier molecular flexibility index (Phi) is 5.71. The van der Waals surface area contributed by atoms with Gasteiger partial charge in [-0.05, 0) is 31.7 Å². The number of aryl methyl sites for hydroxylation is 1. The monoisotopic (exact) mass is 345 g/mol. The maximum absolute atomic E-state index is 12.4. The van der Waals surface area contributed by atoms with Gasteiger partial charge in [0.05, 0.1) is 12.1 Å². The Hall–Kier alpha value is -1.92. The molecule has 2 amide bonds. The zero-order chi connectivity index (χ0) is 17.8. The van der Waals surface area contributed by atoms with Crippen molar-refractivity contribution in [1.29, 1.82) is 0 Å². The number of likely N-dealkylation sites (tertiary alicyclic amines) is 1. The summed E-state index contributed by atoms with van der Waals surface area (Å²) in [6.45, 7) is 4.28. The van der Waals surface area contributed by atoms with Crippen LogP contribution in [-0.2, 0) is 16.1 Å². The highest BCUT2D eigenvalue weighted by molar-refractivity contribution is 5.83. The molecule has 2 atom stereocenters. The molecule has 2 fully saturated rings. The molecule has 0 radical (unpaired) electrons. The summed E-state index contributed by atoms with van der Waals surface area (Å²) >= 11 is 0. The van der Waals surface area contributed by atoms with Gasteiger partial charge in [-0.15, -0.1) is 0 Å². The Morgan fingerprint density at radius 2 is 1.92 bits per heavy atom. The first-order chi connectivity index (χ1) is 12.0. The van der Waals surface area contributed by atoms with Crippen molar-refractivity contribution in [2.24, 2.45) is 5.92 Å². The summed E-state index contributed by atoms with van der Waals surface area (Å²) in [7, 11) is 0. The zero-order valence-electron chi connectivity index (χ0n) is 14.7. The Morgan fingerprint density at radius 1 is 1.24 bits per heavy atom. The number of nitrogens with one attached hydrogen (secondary N) is 2. The van der Waals surface area contributed by atoms with Gasteiger partial charge in [-0.25, -0.2) is 0 Å². The van der Waals surface area contributed by atoms with Crippen LogP contribution in [-0.4, -0.2) is 53.6 Å². The molecule has 3 N–H and O–H groups in total. The van der Waals surface area contributed by atoms with Crippen molar-refractivity contribution < 1.29 is 14.7 Å². The minimum atomic E-state index is -0.431. The van der Waals surface area contributed by atoms with Crippen molar-refractivity contribution in [1.82, 2.24) is 15.5 Å². The zero-order valence-corrected chi connectivity index (χ0v) is 14.7. The molecule has 0 bridgehead atoms. The lowest BCUT2D eigenvalue weighted by molar-refractivity contribution is -0.137.